The van der Waals surface area contributed by atoms with Crippen molar-refractivity contribution in [2.75, 3.05) is 6.61 Å². The molecule has 0 aromatic rings. The number of carbonyl (C=O) groups excluding carboxylic acids is 1. The van der Waals surface area contributed by atoms with Gasteiger partial charge < -0.3 is 10.2 Å². The lowest BCUT2D eigenvalue weighted by Crippen LogP contribution is -2.70. The third-order valence-corrected chi connectivity index (χ3v) is 14.1. The van der Waals surface area contributed by atoms with Gasteiger partial charge >= 0.3 is 0 Å². The van der Waals surface area contributed by atoms with Gasteiger partial charge in [-0.05, 0) is 108 Å². The van der Waals surface area contributed by atoms with E-state index in [1.165, 1.54) is 19.3 Å². The normalized spacial score (nSPS) is 60.9. The fourth-order valence-electron chi connectivity index (χ4n) is 11.3. The molecule has 0 aromatic heterocycles. The van der Waals surface area contributed by atoms with Crippen LogP contribution in [-0.4, -0.2) is 28.7 Å². The monoisotopic (exact) mass is 458 g/mol. The van der Waals surface area contributed by atoms with Crippen LogP contribution in [0.25, 0.3) is 0 Å². The van der Waals surface area contributed by atoms with Crippen LogP contribution < -0.4 is 0 Å². The SMILES string of the molecule is C[C@H]1C(=O)CC[C@H]2[C@]3(C)CC[C@@]4(C)[C@@H]5C[C@@](C)(CO)CC[C@]5(C)[C@H](O)C[C@]4(C)[C@@H]3CC[C@@]21C. The van der Waals surface area contributed by atoms with E-state index in [9.17, 15) is 15.0 Å². The van der Waals surface area contributed by atoms with Crippen molar-refractivity contribution >= 4 is 5.78 Å². The van der Waals surface area contributed by atoms with Gasteiger partial charge in [-0.15, -0.1) is 0 Å². The summed E-state index contributed by atoms with van der Waals surface area (Å²) in [6.07, 6.45) is 10.4. The van der Waals surface area contributed by atoms with E-state index in [4.69, 9.17) is 0 Å². The van der Waals surface area contributed by atoms with Crippen LogP contribution in [0.2, 0.25) is 0 Å². The van der Waals surface area contributed by atoms with Crippen molar-refractivity contribution in [3.8, 4) is 0 Å². The molecule has 0 heterocycles. The van der Waals surface area contributed by atoms with Crippen molar-refractivity contribution < 1.29 is 15.0 Å². The minimum Gasteiger partial charge on any atom is -0.396 e. The number of carbonyl (C=O) groups is 1. The molecule has 3 nitrogen and oxygen atoms in total. The van der Waals surface area contributed by atoms with E-state index in [1.807, 2.05) is 0 Å². The van der Waals surface area contributed by atoms with Gasteiger partial charge in [0.05, 0.1) is 6.10 Å². The molecule has 0 aliphatic heterocycles. The Labute approximate surface area is 202 Å². The molecule has 0 bridgehead atoms. The van der Waals surface area contributed by atoms with E-state index in [2.05, 4.69) is 48.5 Å². The Morgan fingerprint density at radius 2 is 1.42 bits per heavy atom. The number of fused-ring (bicyclic) bond motifs is 7. The van der Waals surface area contributed by atoms with Crippen LogP contribution in [0.4, 0.5) is 0 Å². The van der Waals surface area contributed by atoms with Crippen LogP contribution in [0.3, 0.4) is 0 Å². The number of rotatable bonds is 1. The van der Waals surface area contributed by atoms with E-state index in [0.29, 0.717) is 23.5 Å². The summed E-state index contributed by atoms with van der Waals surface area (Å²) in [6, 6.07) is 0. The quantitative estimate of drug-likeness (QED) is 0.478. The summed E-state index contributed by atoms with van der Waals surface area (Å²) in [7, 11) is 0. The summed E-state index contributed by atoms with van der Waals surface area (Å²) in [5.74, 6) is 2.33. The molecule has 11 atom stereocenters. The molecule has 5 aliphatic rings. The minimum absolute atomic E-state index is 0.0177. The molecule has 5 fully saturated rings. The lowest BCUT2D eigenvalue weighted by Gasteiger charge is -2.75. The van der Waals surface area contributed by atoms with Crippen LogP contribution in [0.15, 0.2) is 0 Å². The van der Waals surface area contributed by atoms with E-state index >= 15 is 0 Å². The Kier molecular flexibility index (Phi) is 5.22. The second-order valence-electron chi connectivity index (χ2n) is 15.2. The summed E-state index contributed by atoms with van der Waals surface area (Å²) in [5, 5.41) is 22.0. The zero-order valence-corrected chi connectivity index (χ0v) is 22.5. The fraction of sp³-hybridized carbons (Fsp3) is 0.967. The van der Waals surface area contributed by atoms with Crippen LogP contribution in [0.1, 0.15) is 113 Å². The van der Waals surface area contributed by atoms with Crippen LogP contribution in [0, 0.1) is 56.2 Å². The lowest BCUT2D eigenvalue weighted by molar-refractivity contribution is -0.282. The number of hydrogen-bond acceptors (Lipinski definition) is 3. The Bertz CT molecular complexity index is 838. The summed E-state index contributed by atoms with van der Waals surface area (Å²) >= 11 is 0. The summed E-state index contributed by atoms with van der Waals surface area (Å²) < 4.78 is 0. The highest BCUT2D eigenvalue weighted by atomic mass is 16.3. The first kappa shape index (κ1) is 24.3. The molecule has 0 aromatic carbocycles. The highest BCUT2D eigenvalue weighted by Gasteiger charge is 2.72. The van der Waals surface area contributed by atoms with Crippen molar-refractivity contribution in [3.05, 3.63) is 0 Å². The van der Waals surface area contributed by atoms with Gasteiger partial charge in [0.1, 0.15) is 5.78 Å². The van der Waals surface area contributed by atoms with Gasteiger partial charge in [0.2, 0.25) is 0 Å². The number of Topliss-reactive ketones (excluding diaryl/α,β-unsaturated/α-hetero) is 1. The molecule has 0 spiro atoms. The second-order valence-corrected chi connectivity index (χ2v) is 15.2. The molecule has 188 valence electrons. The van der Waals surface area contributed by atoms with Crippen molar-refractivity contribution in [3.63, 3.8) is 0 Å². The number of aliphatic hydroxyl groups is 2. The maximum Gasteiger partial charge on any atom is 0.136 e. The van der Waals surface area contributed by atoms with Crippen LogP contribution in [-0.2, 0) is 4.79 Å². The summed E-state index contributed by atoms with van der Waals surface area (Å²) in [6.45, 7) is 17.2. The van der Waals surface area contributed by atoms with E-state index in [1.54, 1.807) is 0 Å². The standard InChI is InChI=1S/C30H50O3/c1-19-20(32)8-9-21-26(19,3)11-10-22-27(21,4)14-15-29(6)23-16-25(2,18-31)12-13-28(23,5)24(33)17-30(22,29)7/h19,21-24,31,33H,8-18H2,1-7H3/t19-,21+,22+,23+,24+,25-,26+,27-,28-,29-,30+/m0/s1. The third-order valence-electron chi connectivity index (χ3n) is 14.1. The predicted molar refractivity (Wildman–Crippen MR) is 133 cm³/mol. The van der Waals surface area contributed by atoms with Gasteiger partial charge in [-0.2, -0.15) is 0 Å². The fourth-order valence-corrected chi connectivity index (χ4v) is 11.3. The van der Waals surface area contributed by atoms with Crippen molar-refractivity contribution in [2.24, 2.45) is 56.2 Å². The van der Waals surface area contributed by atoms with Gasteiger partial charge in [0.15, 0.2) is 0 Å². The topological polar surface area (TPSA) is 57.5 Å². The zero-order chi connectivity index (χ0) is 24.2. The van der Waals surface area contributed by atoms with Gasteiger partial charge in [-0.3, -0.25) is 4.79 Å². The van der Waals surface area contributed by atoms with Gasteiger partial charge in [0, 0.05) is 18.9 Å². The van der Waals surface area contributed by atoms with E-state index in [0.717, 1.165) is 44.9 Å². The molecule has 5 saturated carbocycles. The Balaban J connectivity index is 1.57. The molecule has 5 aliphatic carbocycles. The lowest BCUT2D eigenvalue weighted by atomic mass is 9.29. The second kappa shape index (κ2) is 7.09. The first-order valence-electron chi connectivity index (χ1n) is 14.0. The number of aliphatic hydroxyl groups excluding tert-OH is 2. The molecule has 0 saturated heterocycles. The molecular formula is C30H50O3. The van der Waals surface area contributed by atoms with E-state index < -0.39 is 0 Å². The Hall–Kier alpha value is -0.410. The van der Waals surface area contributed by atoms with Crippen LogP contribution in [0.5, 0.6) is 0 Å². The van der Waals surface area contributed by atoms with Crippen molar-refractivity contribution in [1.82, 2.24) is 0 Å². The minimum atomic E-state index is -0.258. The van der Waals surface area contributed by atoms with Crippen LogP contribution >= 0.6 is 0 Å². The molecular weight excluding hydrogens is 408 g/mol. The highest BCUT2D eigenvalue weighted by Crippen LogP contribution is 2.78. The molecule has 33 heavy (non-hydrogen) atoms. The van der Waals surface area contributed by atoms with Crippen molar-refractivity contribution in [2.45, 2.75) is 119 Å². The predicted octanol–water partition coefficient (Wildman–Crippen LogP) is 6.40. The number of ketones is 1. The Morgan fingerprint density at radius 1 is 0.758 bits per heavy atom. The average molecular weight is 459 g/mol. The van der Waals surface area contributed by atoms with Crippen molar-refractivity contribution in [1.29, 1.82) is 0 Å². The summed E-state index contributed by atoms with van der Waals surface area (Å²) in [4.78, 5) is 12.7. The Morgan fingerprint density at radius 3 is 2.09 bits per heavy atom. The molecule has 5 rings (SSSR count). The maximum atomic E-state index is 12.7. The first-order valence-corrected chi connectivity index (χ1v) is 14.0. The highest BCUT2D eigenvalue weighted by molar-refractivity contribution is 5.82. The molecule has 0 radical (unpaired) electrons. The smallest absolute Gasteiger partial charge is 0.136 e. The number of hydrogen-bond donors (Lipinski definition) is 2. The average Bonchev–Trinajstić information content (AvgIpc) is 2.76. The van der Waals surface area contributed by atoms with E-state index in [-0.39, 0.29) is 51.1 Å². The largest absolute Gasteiger partial charge is 0.396 e. The molecule has 3 heteroatoms. The first-order chi connectivity index (χ1) is 15.2. The maximum absolute atomic E-state index is 12.7. The molecule has 0 amide bonds. The molecule has 2 N–H and O–H groups in total. The summed E-state index contributed by atoms with van der Waals surface area (Å²) in [5.41, 5.74) is 0.614. The zero-order valence-electron chi connectivity index (χ0n) is 22.5. The van der Waals surface area contributed by atoms with Gasteiger partial charge in [0.25, 0.3) is 0 Å². The van der Waals surface area contributed by atoms with Gasteiger partial charge in [-0.1, -0.05) is 48.5 Å². The van der Waals surface area contributed by atoms with Gasteiger partial charge in [-0.25, -0.2) is 0 Å². The third kappa shape index (κ3) is 2.85. The molecule has 0 unspecified atom stereocenters.